The maximum absolute atomic E-state index is 13.5. The summed E-state index contributed by atoms with van der Waals surface area (Å²) in [5.41, 5.74) is 6.57. The summed E-state index contributed by atoms with van der Waals surface area (Å²) < 4.78 is 27.5. The molecule has 0 saturated carbocycles. The Balaban J connectivity index is 1.62. The lowest BCUT2D eigenvalue weighted by molar-refractivity contribution is -0.120. The van der Waals surface area contributed by atoms with Crippen molar-refractivity contribution in [3.05, 3.63) is 41.5 Å². The number of methoxy groups -OCH3 is 2. The monoisotopic (exact) mass is 442 g/mol. The number of likely N-dealkylation sites (tertiary alicyclic amines) is 1. The van der Waals surface area contributed by atoms with E-state index in [2.05, 4.69) is 0 Å². The number of carbonyl (C=O) groups is 2. The molecule has 1 atom stereocenters. The smallest absolute Gasteiger partial charge is 0.255 e. The Morgan fingerprint density at radius 3 is 2.41 bits per heavy atom. The highest BCUT2D eigenvalue weighted by Gasteiger charge is 2.32. The van der Waals surface area contributed by atoms with Crippen LogP contribution in [0.25, 0.3) is 0 Å². The average molecular weight is 442 g/mol. The number of carbonyl (C=O) groups excluding carboxylic acids is 2. The van der Waals surface area contributed by atoms with Gasteiger partial charge in [-0.1, -0.05) is 6.07 Å². The van der Waals surface area contributed by atoms with Gasteiger partial charge in [0.15, 0.2) is 29.6 Å². The number of rotatable bonds is 7. The topological polar surface area (TPSA) is 110 Å². The standard InChI is InChI=1S/C23H26N2O7/c1-28-19-11-15(12-20(29-2)22(19)32-13-21(24)26)23(27)25-7-3-4-16(25)14-5-6-17-18(10-14)31-9-8-30-17/h5-6,10-12,16H,3-4,7-9,13H2,1-2H3,(H2,24,26). The predicted octanol–water partition coefficient (Wildman–Crippen LogP) is 2.32. The van der Waals surface area contributed by atoms with Crippen LogP contribution in [0.15, 0.2) is 30.3 Å². The van der Waals surface area contributed by atoms with Crippen LogP contribution in [0.5, 0.6) is 28.7 Å². The summed E-state index contributed by atoms with van der Waals surface area (Å²) in [4.78, 5) is 26.4. The molecular weight excluding hydrogens is 416 g/mol. The first-order chi connectivity index (χ1) is 15.5. The number of amides is 2. The van der Waals surface area contributed by atoms with Crippen molar-refractivity contribution in [1.82, 2.24) is 4.90 Å². The van der Waals surface area contributed by atoms with Gasteiger partial charge in [-0.25, -0.2) is 0 Å². The molecule has 1 saturated heterocycles. The van der Waals surface area contributed by atoms with Crippen molar-refractivity contribution in [2.45, 2.75) is 18.9 Å². The Bertz CT molecular complexity index is 998. The van der Waals surface area contributed by atoms with E-state index in [1.54, 1.807) is 12.1 Å². The van der Waals surface area contributed by atoms with E-state index in [0.29, 0.717) is 31.1 Å². The van der Waals surface area contributed by atoms with Crippen molar-refractivity contribution in [2.75, 3.05) is 40.6 Å². The molecule has 0 aromatic heterocycles. The average Bonchev–Trinajstić information content (AvgIpc) is 3.31. The molecule has 2 heterocycles. The third kappa shape index (κ3) is 4.23. The van der Waals surface area contributed by atoms with Crippen molar-refractivity contribution in [3.8, 4) is 28.7 Å². The summed E-state index contributed by atoms with van der Waals surface area (Å²) in [7, 11) is 2.90. The van der Waals surface area contributed by atoms with Crippen molar-refractivity contribution in [3.63, 3.8) is 0 Å². The fraction of sp³-hybridized carbons (Fsp3) is 0.391. The van der Waals surface area contributed by atoms with Crippen molar-refractivity contribution >= 4 is 11.8 Å². The predicted molar refractivity (Wildman–Crippen MR) is 115 cm³/mol. The van der Waals surface area contributed by atoms with Crippen LogP contribution in [0, 0.1) is 0 Å². The first-order valence-electron chi connectivity index (χ1n) is 10.4. The van der Waals surface area contributed by atoms with Gasteiger partial charge in [0.25, 0.3) is 11.8 Å². The molecule has 9 nitrogen and oxygen atoms in total. The van der Waals surface area contributed by atoms with Crippen LogP contribution in [0.1, 0.15) is 34.8 Å². The molecule has 32 heavy (non-hydrogen) atoms. The zero-order valence-electron chi connectivity index (χ0n) is 18.1. The maximum Gasteiger partial charge on any atom is 0.255 e. The molecule has 2 amide bonds. The summed E-state index contributed by atoms with van der Waals surface area (Å²) in [6.45, 7) is 1.33. The number of fused-ring (bicyclic) bond motifs is 1. The van der Waals surface area contributed by atoms with Gasteiger partial charge in [0.1, 0.15) is 13.2 Å². The lowest BCUT2D eigenvalue weighted by Gasteiger charge is -2.27. The van der Waals surface area contributed by atoms with E-state index in [-0.39, 0.29) is 35.8 Å². The van der Waals surface area contributed by atoms with Gasteiger partial charge in [0.05, 0.1) is 20.3 Å². The molecule has 9 heteroatoms. The Hall–Kier alpha value is -3.62. The summed E-state index contributed by atoms with van der Waals surface area (Å²) in [5, 5.41) is 0. The lowest BCUT2D eigenvalue weighted by atomic mass is 10.0. The van der Waals surface area contributed by atoms with Crippen LogP contribution < -0.4 is 29.4 Å². The second-order valence-electron chi connectivity index (χ2n) is 7.52. The molecule has 2 N–H and O–H groups in total. The minimum Gasteiger partial charge on any atom is -0.493 e. The molecule has 2 aliphatic rings. The van der Waals surface area contributed by atoms with Crippen molar-refractivity contribution < 1.29 is 33.3 Å². The van der Waals surface area contributed by atoms with Crippen LogP contribution in [0.3, 0.4) is 0 Å². The molecule has 0 aliphatic carbocycles. The second-order valence-corrected chi connectivity index (χ2v) is 7.52. The lowest BCUT2D eigenvalue weighted by Crippen LogP contribution is -2.30. The third-order valence-electron chi connectivity index (χ3n) is 5.53. The van der Waals surface area contributed by atoms with Crippen LogP contribution >= 0.6 is 0 Å². The van der Waals surface area contributed by atoms with Gasteiger partial charge < -0.3 is 34.3 Å². The Morgan fingerprint density at radius 1 is 1.06 bits per heavy atom. The fourth-order valence-electron chi connectivity index (χ4n) is 4.08. The van der Waals surface area contributed by atoms with Gasteiger partial charge >= 0.3 is 0 Å². The number of hydrogen-bond acceptors (Lipinski definition) is 7. The normalized spacial score (nSPS) is 17.1. The minimum atomic E-state index is -0.631. The largest absolute Gasteiger partial charge is 0.493 e. The van der Waals surface area contributed by atoms with Crippen LogP contribution in [0.4, 0.5) is 0 Å². The van der Waals surface area contributed by atoms with E-state index in [1.807, 2.05) is 23.1 Å². The number of hydrogen-bond donors (Lipinski definition) is 1. The molecule has 0 spiro atoms. The van der Waals surface area contributed by atoms with Crippen molar-refractivity contribution in [1.29, 1.82) is 0 Å². The maximum atomic E-state index is 13.5. The van der Waals surface area contributed by atoms with Gasteiger partial charge in [0.2, 0.25) is 5.75 Å². The molecular formula is C23H26N2O7. The number of primary amides is 1. The van der Waals surface area contributed by atoms with Gasteiger partial charge in [0, 0.05) is 12.1 Å². The highest BCUT2D eigenvalue weighted by molar-refractivity contribution is 5.96. The Kier molecular flexibility index (Phi) is 6.25. The Morgan fingerprint density at radius 2 is 1.75 bits per heavy atom. The molecule has 0 bridgehead atoms. The molecule has 170 valence electrons. The molecule has 1 fully saturated rings. The second kappa shape index (κ2) is 9.25. The van der Waals surface area contributed by atoms with E-state index in [1.165, 1.54) is 14.2 Å². The van der Waals surface area contributed by atoms with Gasteiger partial charge in [-0.3, -0.25) is 9.59 Å². The van der Waals surface area contributed by atoms with Crippen LogP contribution in [-0.2, 0) is 4.79 Å². The Labute approximate surface area is 185 Å². The molecule has 0 radical (unpaired) electrons. The van der Waals surface area contributed by atoms with Gasteiger partial charge in [-0.15, -0.1) is 0 Å². The summed E-state index contributed by atoms with van der Waals surface area (Å²) in [6, 6.07) is 8.90. The highest BCUT2D eigenvalue weighted by Crippen LogP contribution is 2.41. The third-order valence-corrected chi connectivity index (χ3v) is 5.53. The summed E-state index contributed by atoms with van der Waals surface area (Å²) in [6.07, 6.45) is 1.73. The summed E-state index contributed by atoms with van der Waals surface area (Å²) >= 11 is 0. The number of nitrogens with two attached hydrogens (primary N) is 1. The first-order valence-corrected chi connectivity index (χ1v) is 10.4. The first kappa shape index (κ1) is 21.6. The van der Waals surface area contributed by atoms with Crippen LogP contribution in [0.2, 0.25) is 0 Å². The quantitative estimate of drug-likeness (QED) is 0.701. The number of benzene rings is 2. The summed E-state index contributed by atoms with van der Waals surface area (Å²) in [5.74, 6) is 1.42. The molecule has 4 rings (SSSR count). The number of nitrogens with zero attached hydrogens (tertiary/aromatic N) is 1. The molecule has 2 aromatic rings. The van der Waals surface area contributed by atoms with Crippen LogP contribution in [-0.4, -0.2) is 57.3 Å². The molecule has 1 unspecified atom stereocenters. The highest BCUT2D eigenvalue weighted by atomic mass is 16.6. The fourth-order valence-corrected chi connectivity index (χ4v) is 4.08. The molecule has 2 aliphatic heterocycles. The number of ether oxygens (including phenoxy) is 5. The van der Waals surface area contributed by atoms with E-state index < -0.39 is 5.91 Å². The van der Waals surface area contributed by atoms with Gasteiger partial charge in [-0.05, 0) is 42.7 Å². The zero-order valence-corrected chi connectivity index (χ0v) is 18.1. The minimum absolute atomic E-state index is 0.0823. The van der Waals surface area contributed by atoms with E-state index in [4.69, 9.17) is 29.4 Å². The van der Waals surface area contributed by atoms with E-state index in [9.17, 15) is 9.59 Å². The zero-order chi connectivity index (χ0) is 22.7. The van der Waals surface area contributed by atoms with Gasteiger partial charge in [-0.2, -0.15) is 0 Å². The van der Waals surface area contributed by atoms with Crippen molar-refractivity contribution in [2.24, 2.45) is 5.73 Å². The molecule has 2 aromatic carbocycles. The van der Waals surface area contributed by atoms with E-state index in [0.717, 1.165) is 24.2 Å². The van der Waals surface area contributed by atoms with E-state index >= 15 is 0 Å². The SMILES string of the molecule is COc1cc(C(=O)N2CCCC2c2ccc3c(c2)OCCO3)cc(OC)c1OCC(N)=O.